The van der Waals surface area contributed by atoms with Crippen LogP contribution in [0.2, 0.25) is 0 Å². The third-order valence-corrected chi connectivity index (χ3v) is 4.53. The molecule has 0 aliphatic carbocycles. The number of aromatic nitrogens is 6. The topological polar surface area (TPSA) is 81.4 Å². The van der Waals surface area contributed by atoms with Crippen LogP contribution in [0.5, 0.6) is 0 Å². The molecule has 8 heteroatoms. The number of rotatable bonds is 5. The van der Waals surface area contributed by atoms with Crippen molar-refractivity contribution >= 4 is 17.0 Å². The van der Waals surface area contributed by atoms with Crippen molar-refractivity contribution in [2.24, 2.45) is 7.05 Å². The lowest BCUT2D eigenvalue weighted by atomic mass is 10.2. The Kier molecular flexibility index (Phi) is 4.17. The van der Waals surface area contributed by atoms with E-state index >= 15 is 0 Å². The van der Waals surface area contributed by atoms with Crippen molar-refractivity contribution in [1.29, 1.82) is 0 Å². The summed E-state index contributed by atoms with van der Waals surface area (Å²) in [4.78, 5) is 13.2. The molecule has 4 heterocycles. The zero-order valence-electron chi connectivity index (χ0n) is 13.5. The lowest BCUT2D eigenvalue weighted by molar-refractivity contribution is 0.918. The standard InChI is InChI=1S/C17H15N7S/c1-24-11-21-23-16(24)12-6-13(8-18-7-12)20-9-14-10-25-17(22-14)15-4-2-3-5-19-15/h2-8,10-11,20H,9H2,1H3. The fourth-order valence-electron chi connectivity index (χ4n) is 2.39. The Morgan fingerprint density at radius 1 is 1.24 bits per heavy atom. The predicted molar refractivity (Wildman–Crippen MR) is 96.9 cm³/mol. The highest BCUT2D eigenvalue weighted by molar-refractivity contribution is 7.13. The second-order valence-corrected chi connectivity index (χ2v) is 6.30. The van der Waals surface area contributed by atoms with E-state index in [0.717, 1.165) is 33.5 Å². The quantitative estimate of drug-likeness (QED) is 0.596. The SMILES string of the molecule is Cn1cnnc1-c1cncc(NCc2csc(-c3ccccn3)n2)c1. The third-order valence-electron chi connectivity index (χ3n) is 3.62. The van der Waals surface area contributed by atoms with E-state index in [1.807, 2.05) is 41.3 Å². The minimum Gasteiger partial charge on any atom is -0.378 e. The zero-order chi connectivity index (χ0) is 17.1. The molecule has 124 valence electrons. The van der Waals surface area contributed by atoms with Gasteiger partial charge in [0.25, 0.3) is 0 Å². The van der Waals surface area contributed by atoms with Crippen molar-refractivity contribution < 1.29 is 0 Å². The fourth-order valence-corrected chi connectivity index (χ4v) is 3.19. The van der Waals surface area contributed by atoms with E-state index in [-0.39, 0.29) is 0 Å². The summed E-state index contributed by atoms with van der Waals surface area (Å²) >= 11 is 1.59. The predicted octanol–water partition coefficient (Wildman–Crippen LogP) is 3.01. The van der Waals surface area contributed by atoms with Crippen molar-refractivity contribution in [3.8, 4) is 22.1 Å². The minimum atomic E-state index is 0.618. The van der Waals surface area contributed by atoms with E-state index in [9.17, 15) is 0 Å². The number of pyridine rings is 2. The summed E-state index contributed by atoms with van der Waals surface area (Å²) in [6, 6.07) is 7.83. The number of thiazole rings is 1. The van der Waals surface area contributed by atoms with Crippen molar-refractivity contribution in [3.05, 3.63) is 60.3 Å². The van der Waals surface area contributed by atoms with Crippen LogP contribution in [-0.4, -0.2) is 29.7 Å². The average Bonchev–Trinajstić information content (AvgIpc) is 3.30. The number of nitrogens with one attached hydrogen (secondary N) is 1. The Labute approximate surface area is 148 Å². The van der Waals surface area contributed by atoms with Crippen LogP contribution in [0.1, 0.15) is 5.69 Å². The molecule has 1 N–H and O–H groups in total. The maximum Gasteiger partial charge on any atom is 0.165 e. The summed E-state index contributed by atoms with van der Waals surface area (Å²) in [5.74, 6) is 0.780. The van der Waals surface area contributed by atoms with Gasteiger partial charge in [0.2, 0.25) is 0 Å². The highest BCUT2D eigenvalue weighted by atomic mass is 32.1. The Bertz CT molecular complexity index is 977. The first-order valence-electron chi connectivity index (χ1n) is 7.69. The van der Waals surface area contributed by atoms with Crippen molar-refractivity contribution in [3.63, 3.8) is 0 Å². The summed E-state index contributed by atoms with van der Waals surface area (Å²) in [5, 5.41) is 14.3. The molecule has 25 heavy (non-hydrogen) atoms. The van der Waals surface area contributed by atoms with Crippen LogP contribution in [0.3, 0.4) is 0 Å². The van der Waals surface area contributed by atoms with Crippen LogP contribution in [0.25, 0.3) is 22.1 Å². The maximum absolute atomic E-state index is 4.63. The van der Waals surface area contributed by atoms with Gasteiger partial charge in [-0.2, -0.15) is 0 Å². The van der Waals surface area contributed by atoms with E-state index in [0.29, 0.717) is 6.54 Å². The number of aryl methyl sites for hydroxylation is 1. The van der Waals surface area contributed by atoms with Crippen LogP contribution in [-0.2, 0) is 13.6 Å². The van der Waals surface area contributed by atoms with Gasteiger partial charge in [-0.25, -0.2) is 4.98 Å². The van der Waals surface area contributed by atoms with Gasteiger partial charge in [-0.15, -0.1) is 21.5 Å². The van der Waals surface area contributed by atoms with Gasteiger partial charge in [-0.05, 0) is 18.2 Å². The summed E-state index contributed by atoms with van der Waals surface area (Å²) in [6.45, 7) is 0.618. The molecule has 0 fully saturated rings. The third kappa shape index (κ3) is 3.38. The molecule has 4 rings (SSSR count). The maximum atomic E-state index is 4.63. The number of nitrogens with zero attached hydrogens (tertiary/aromatic N) is 6. The molecule has 0 aliphatic heterocycles. The largest absolute Gasteiger partial charge is 0.378 e. The summed E-state index contributed by atoms with van der Waals surface area (Å²) in [6.07, 6.45) is 7.01. The molecule has 4 aromatic rings. The van der Waals surface area contributed by atoms with Crippen LogP contribution in [0.15, 0.2) is 54.6 Å². The highest BCUT2D eigenvalue weighted by Gasteiger charge is 2.08. The van der Waals surface area contributed by atoms with Gasteiger partial charge >= 0.3 is 0 Å². The lowest BCUT2D eigenvalue weighted by Crippen LogP contribution is -2.01. The molecular weight excluding hydrogens is 334 g/mol. The first-order valence-corrected chi connectivity index (χ1v) is 8.56. The molecule has 0 atom stereocenters. The number of hydrogen-bond donors (Lipinski definition) is 1. The van der Waals surface area contributed by atoms with Crippen LogP contribution in [0.4, 0.5) is 5.69 Å². The van der Waals surface area contributed by atoms with Crippen molar-refractivity contribution in [1.82, 2.24) is 29.7 Å². The van der Waals surface area contributed by atoms with Gasteiger partial charge in [0.15, 0.2) is 5.82 Å². The molecule has 0 saturated heterocycles. The number of hydrogen-bond acceptors (Lipinski definition) is 7. The van der Waals surface area contributed by atoms with Gasteiger partial charge in [0.1, 0.15) is 11.3 Å². The molecule has 4 aromatic heterocycles. The molecule has 0 radical (unpaired) electrons. The Morgan fingerprint density at radius 2 is 2.20 bits per heavy atom. The second-order valence-electron chi connectivity index (χ2n) is 5.44. The molecule has 0 bridgehead atoms. The van der Waals surface area contributed by atoms with Crippen LogP contribution < -0.4 is 5.32 Å². The van der Waals surface area contributed by atoms with Crippen LogP contribution in [0, 0.1) is 0 Å². The van der Waals surface area contributed by atoms with E-state index in [1.165, 1.54) is 0 Å². The van der Waals surface area contributed by atoms with E-state index in [1.54, 1.807) is 36.3 Å². The zero-order valence-corrected chi connectivity index (χ0v) is 14.3. The van der Waals surface area contributed by atoms with Gasteiger partial charge in [-0.3, -0.25) is 9.97 Å². The summed E-state index contributed by atoms with van der Waals surface area (Å²) in [5.41, 5.74) is 3.68. The molecule has 0 saturated carbocycles. The van der Waals surface area contributed by atoms with Gasteiger partial charge < -0.3 is 9.88 Å². The van der Waals surface area contributed by atoms with Gasteiger partial charge in [0, 0.05) is 36.6 Å². The van der Waals surface area contributed by atoms with Crippen LogP contribution >= 0.6 is 11.3 Å². The first kappa shape index (κ1) is 15.4. The molecule has 0 aromatic carbocycles. The normalized spacial score (nSPS) is 10.8. The monoisotopic (exact) mass is 349 g/mol. The van der Waals surface area contributed by atoms with E-state index in [2.05, 4.69) is 30.5 Å². The van der Waals surface area contributed by atoms with Crippen molar-refractivity contribution in [2.45, 2.75) is 6.54 Å². The Hall–Kier alpha value is -3.13. The van der Waals surface area contributed by atoms with E-state index in [4.69, 9.17) is 0 Å². The Balaban J connectivity index is 1.47. The summed E-state index contributed by atoms with van der Waals surface area (Å²) in [7, 11) is 1.91. The van der Waals surface area contributed by atoms with E-state index < -0.39 is 0 Å². The van der Waals surface area contributed by atoms with Gasteiger partial charge in [0.05, 0.1) is 23.6 Å². The Morgan fingerprint density at radius 3 is 3.00 bits per heavy atom. The molecule has 7 nitrogen and oxygen atoms in total. The molecular formula is C17H15N7S. The summed E-state index contributed by atoms with van der Waals surface area (Å²) < 4.78 is 1.86. The smallest absolute Gasteiger partial charge is 0.165 e. The first-order chi connectivity index (χ1) is 12.3. The molecule has 0 spiro atoms. The average molecular weight is 349 g/mol. The highest BCUT2D eigenvalue weighted by Crippen LogP contribution is 2.23. The number of anilines is 1. The fraction of sp³-hybridized carbons (Fsp3) is 0.118. The van der Waals surface area contributed by atoms with Gasteiger partial charge in [-0.1, -0.05) is 6.07 Å². The second kappa shape index (κ2) is 6.78. The molecule has 0 aliphatic rings. The molecule has 0 unspecified atom stereocenters. The lowest BCUT2D eigenvalue weighted by Gasteiger charge is -2.06. The van der Waals surface area contributed by atoms with Crippen molar-refractivity contribution in [2.75, 3.05) is 5.32 Å². The minimum absolute atomic E-state index is 0.618. The molecule has 0 amide bonds.